The van der Waals surface area contributed by atoms with E-state index in [1.165, 1.54) is 12.8 Å². The van der Waals surface area contributed by atoms with Gasteiger partial charge in [0.2, 0.25) is 0 Å². The summed E-state index contributed by atoms with van der Waals surface area (Å²) in [5, 5.41) is 10.2. The molecule has 1 fully saturated rings. The van der Waals surface area contributed by atoms with Crippen molar-refractivity contribution in [1.82, 2.24) is 9.88 Å². The predicted octanol–water partition coefficient (Wildman–Crippen LogP) is 3.23. The number of fused-ring (bicyclic) bond motifs is 1. The number of halogens is 1. The first-order valence-electron chi connectivity index (χ1n) is 6.81. The summed E-state index contributed by atoms with van der Waals surface area (Å²) in [5.41, 5.74) is 2.24. The molecule has 1 aliphatic carbocycles. The van der Waals surface area contributed by atoms with Crippen LogP contribution in [0.2, 0.25) is 0 Å². The van der Waals surface area contributed by atoms with Crippen molar-refractivity contribution in [1.29, 1.82) is 0 Å². The molecule has 5 heteroatoms. The number of nitrogens with zero attached hydrogens (tertiary/aromatic N) is 1. The minimum absolute atomic E-state index is 0.108. The molecule has 0 amide bonds. The number of hydrogen-bond donors (Lipinski definition) is 2. The summed E-state index contributed by atoms with van der Waals surface area (Å²) in [4.78, 5) is 16.3. The number of H-pyrrole nitrogens is 1. The van der Waals surface area contributed by atoms with E-state index in [0.29, 0.717) is 12.5 Å². The van der Waals surface area contributed by atoms with Gasteiger partial charge >= 0.3 is 5.97 Å². The number of aromatic amines is 1. The van der Waals surface area contributed by atoms with Gasteiger partial charge in [-0.1, -0.05) is 15.9 Å². The van der Waals surface area contributed by atoms with Gasteiger partial charge in [0.15, 0.2) is 0 Å². The third-order valence-corrected chi connectivity index (χ3v) is 4.19. The summed E-state index contributed by atoms with van der Waals surface area (Å²) in [6.45, 7) is 1.67. The fourth-order valence-electron chi connectivity index (χ4n) is 2.56. The number of carboxylic acid groups (broad SMARTS) is 1. The van der Waals surface area contributed by atoms with Crippen LogP contribution in [0.25, 0.3) is 10.9 Å². The molecule has 2 N–H and O–H groups in total. The number of hydrogen-bond acceptors (Lipinski definition) is 2. The minimum Gasteiger partial charge on any atom is -0.480 e. The molecule has 1 aromatic heterocycles. The summed E-state index contributed by atoms with van der Waals surface area (Å²) in [7, 11) is 0. The standard InChI is InChI=1S/C15H17BrN2O2/c16-12-3-4-14-13(5-12)11(6-17-14)8-18(9-15(19)20)7-10-1-2-10/h3-6,10,17H,1-2,7-9H2,(H,19,20). The zero-order valence-corrected chi connectivity index (χ0v) is 12.7. The molecule has 0 unspecified atom stereocenters. The summed E-state index contributed by atoms with van der Waals surface area (Å²) < 4.78 is 1.04. The summed E-state index contributed by atoms with van der Waals surface area (Å²) in [5.74, 6) is -0.0713. The van der Waals surface area contributed by atoms with Gasteiger partial charge in [-0.05, 0) is 42.5 Å². The Bertz CT molecular complexity index is 634. The topological polar surface area (TPSA) is 56.3 Å². The molecule has 1 heterocycles. The van der Waals surface area contributed by atoms with E-state index in [0.717, 1.165) is 27.5 Å². The van der Waals surface area contributed by atoms with Crippen LogP contribution in [0.5, 0.6) is 0 Å². The highest BCUT2D eigenvalue weighted by Crippen LogP contribution is 2.31. The third-order valence-electron chi connectivity index (χ3n) is 3.70. The van der Waals surface area contributed by atoms with E-state index in [1.54, 1.807) is 0 Å². The molecule has 0 aliphatic heterocycles. The maximum absolute atomic E-state index is 11.0. The van der Waals surface area contributed by atoms with E-state index < -0.39 is 5.97 Å². The lowest BCUT2D eigenvalue weighted by Gasteiger charge is -2.19. The van der Waals surface area contributed by atoms with E-state index >= 15 is 0 Å². The Morgan fingerprint density at radius 3 is 2.95 bits per heavy atom. The van der Waals surface area contributed by atoms with E-state index in [1.807, 2.05) is 23.2 Å². The van der Waals surface area contributed by atoms with Crippen LogP contribution in [-0.4, -0.2) is 34.0 Å². The molecule has 4 nitrogen and oxygen atoms in total. The molecule has 0 spiro atoms. The monoisotopic (exact) mass is 336 g/mol. The molecule has 0 atom stereocenters. The maximum atomic E-state index is 11.0. The molecule has 1 saturated carbocycles. The highest BCUT2D eigenvalue weighted by molar-refractivity contribution is 9.10. The van der Waals surface area contributed by atoms with Gasteiger partial charge in [0.25, 0.3) is 0 Å². The SMILES string of the molecule is O=C(O)CN(Cc1c[nH]c2ccc(Br)cc12)CC1CC1. The summed E-state index contributed by atoms with van der Waals surface area (Å²) in [6.07, 6.45) is 4.45. The fraction of sp³-hybridized carbons (Fsp3) is 0.400. The molecule has 3 rings (SSSR count). The van der Waals surface area contributed by atoms with Gasteiger partial charge in [-0.2, -0.15) is 0 Å². The van der Waals surface area contributed by atoms with Crippen LogP contribution in [0.3, 0.4) is 0 Å². The Kier molecular flexibility index (Phi) is 3.81. The van der Waals surface area contributed by atoms with Crippen molar-refractivity contribution >= 4 is 32.8 Å². The van der Waals surface area contributed by atoms with Gasteiger partial charge in [0.1, 0.15) is 0 Å². The Balaban J connectivity index is 1.81. The van der Waals surface area contributed by atoms with E-state index in [9.17, 15) is 4.79 Å². The maximum Gasteiger partial charge on any atom is 0.317 e. The normalized spacial score (nSPS) is 15.1. The van der Waals surface area contributed by atoms with Gasteiger partial charge < -0.3 is 10.1 Å². The summed E-state index contributed by atoms with van der Waals surface area (Å²) >= 11 is 3.49. The van der Waals surface area contributed by atoms with Crippen molar-refractivity contribution in [2.24, 2.45) is 5.92 Å². The largest absolute Gasteiger partial charge is 0.480 e. The average molecular weight is 337 g/mol. The van der Waals surface area contributed by atoms with Crippen molar-refractivity contribution < 1.29 is 9.90 Å². The molecule has 20 heavy (non-hydrogen) atoms. The highest BCUT2D eigenvalue weighted by atomic mass is 79.9. The van der Waals surface area contributed by atoms with Crippen LogP contribution in [0, 0.1) is 5.92 Å². The number of carbonyl (C=O) groups is 1. The van der Waals surface area contributed by atoms with Crippen molar-refractivity contribution in [3.05, 3.63) is 34.4 Å². The molecule has 1 aromatic carbocycles. The number of benzene rings is 1. The molecular formula is C15H17BrN2O2. The van der Waals surface area contributed by atoms with Crippen LogP contribution < -0.4 is 0 Å². The van der Waals surface area contributed by atoms with Gasteiger partial charge in [-0.15, -0.1) is 0 Å². The highest BCUT2D eigenvalue weighted by Gasteiger charge is 2.25. The number of aliphatic carboxylic acids is 1. The van der Waals surface area contributed by atoms with Crippen molar-refractivity contribution in [3.8, 4) is 0 Å². The Hall–Kier alpha value is -1.33. The van der Waals surface area contributed by atoms with Gasteiger partial charge in [-0.25, -0.2) is 0 Å². The van der Waals surface area contributed by atoms with Crippen LogP contribution in [0.1, 0.15) is 18.4 Å². The predicted molar refractivity (Wildman–Crippen MR) is 81.6 cm³/mol. The second-order valence-electron chi connectivity index (χ2n) is 5.51. The molecular weight excluding hydrogens is 320 g/mol. The van der Waals surface area contributed by atoms with Gasteiger partial charge in [0, 0.05) is 34.7 Å². The van der Waals surface area contributed by atoms with E-state index in [2.05, 4.69) is 27.0 Å². The summed E-state index contributed by atoms with van der Waals surface area (Å²) in [6, 6.07) is 6.12. The average Bonchev–Trinajstić information content (AvgIpc) is 3.11. The van der Waals surface area contributed by atoms with Crippen LogP contribution in [0.15, 0.2) is 28.9 Å². The Labute approximate surface area is 125 Å². The first-order chi connectivity index (χ1) is 9.61. The second-order valence-corrected chi connectivity index (χ2v) is 6.43. The van der Waals surface area contributed by atoms with Gasteiger partial charge in [0.05, 0.1) is 6.54 Å². The lowest BCUT2D eigenvalue weighted by molar-refractivity contribution is -0.138. The molecule has 0 radical (unpaired) electrons. The molecule has 0 saturated heterocycles. The van der Waals surface area contributed by atoms with Crippen molar-refractivity contribution in [2.45, 2.75) is 19.4 Å². The van der Waals surface area contributed by atoms with E-state index in [4.69, 9.17) is 5.11 Å². The zero-order chi connectivity index (χ0) is 14.1. The lowest BCUT2D eigenvalue weighted by atomic mass is 10.1. The first kappa shape index (κ1) is 13.6. The van der Waals surface area contributed by atoms with Crippen LogP contribution in [0.4, 0.5) is 0 Å². The Morgan fingerprint density at radius 2 is 2.25 bits per heavy atom. The number of nitrogens with one attached hydrogen (secondary N) is 1. The number of rotatable bonds is 6. The fourth-order valence-corrected chi connectivity index (χ4v) is 2.93. The third kappa shape index (κ3) is 3.22. The quantitative estimate of drug-likeness (QED) is 0.851. The van der Waals surface area contributed by atoms with Crippen molar-refractivity contribution in [3.63, 3.8) is 0 Å². The van der Waals surface area contributed by atoms with E-state index in [-0.39, 0.29) is 6.54 Å². The van der Waals surface area contributed by atoms with Crippen LogP contribution >= 0.6 is 15.9 Å². The van der Waals surface area contributed by atoms with Crippen molar-refractivity contribution in [2.75, 3.05) is 13.1 Å². The smallest absolute Gasteiger partial charge is 0.317 e. The molecule has 2 aromatic rings. The Morgan fingerprint density at radius 1 is 1.45 bits per heavy atom. The second kappa shape index (κ2) is 5.58. The number of aromatic nitrogens is 1. The minimum atomic E-state index is -0.758. The molecule has 106 valence electrons. The molecule has 1 aliphatic rings. The molecule has 0 bridgehead atoms. The van der Waals surface area contributed by atoms with Crippen LogP contribution in [-0.2, 0) is 11.3 Å². The van der Waals surface area contributed by atoms with Gasteiger partial charge in [-0.3, -0.25) is 9.69 Å². The zero-order valence-electron chi connectivity index (χ0n) is 11.1. The number of carboxylic acids is 1. The first-order valence-corrected chi connectivity index (χ1v) is 7.61. The lowest BCUT2D eigenvalue weighted by Crippen LogP contribution is -2.31.